The first kappa shape index (κ1) is 21.5. The minimum absolute atomic E-state index is 0.00635. The standard InChI is InChI=1S/C22H28N6O2S/c1-26(2)13-11-17-24-20-18(21(30)27(17)3)25-22(31-20)28-12-7-10-16(28)19(29)23-14-15-8-5-4-6-9-15/h4-6,8-9,16H,7,10-14H2,1-3H3,(H,23,29)/t16-/m1/s1. The number of nitrogens with zero attached hydrogens (tertiary/aromatic N) is 5. The number of anilines is 1. The van der Waals surface area contributed by atoms with Crippen LogP contribution in [-0.4, -0.2) is 58.6 Å². The fourth-order valence-corrected chi connectivity index (χ4v) is 4.85. The van der Waals surface area contributed by atoms with Crippen molar-refractivity contribution < 1.29 is 4.79 Å². The lowest BCUT2D eigenvalue weighted by Gasteiger charge is -2.23. The van der Waals surface area contributed by atoms with E-state index in [0.29, 0.717) is 28.4 Å². The Labute approximate surface area is 185 Å². The van der Waals surface area contributed by atoms with Gasteiger partial charge in [0.1, 0.15) is 11.9 Å². The molecular formula is C22H28N6O2S. The molecule has 1 aromatic carbocycles. The van der Waals surface area contributed by atoms with Crippen molar-refractivity contribution >= 4 is 32.7 Å². The van der Waals surface area contributed by atoms with Crippen molar-refractivity contribution in [1.82, 2.24) is 24.8 Å². The SMILES string of the molecule is CN(C)CCc1nc2sc(N3CCC[C@@H]3C(=O)NCc3ccccc3)nc2c(=O)n1C. The van der Waals surface area contributed by atoms with Gasteiger partial charge in [-0.2, -0.15) is 0 Å². The Bertz CT molecular complexity index is 1120. The van der Waals surface area contributed by atoms with Crippen molar-refractivity contribution in [3.63, 3.8) is 0 Å². The number of amides is 1. The maximum Gasteiger partial charge on any atom is 0.280 e. The van der Waals surface area contributed by atoms with Crippen molar-refractivity contribution in [3.05, 3.63) is 52.1 Å². The van der Waals surface area contributed by atoms with Gasteiger partial charge in [-0.15, -0.1) is 0 Å². The molecule has 4 rings (SSSR count). The lowest BCUT2D eigenvalue weighted by Crippen LogP contribution is -2.43. The minimum atomic E-state index is -0.277. The smallest absolute Gasteiger partial charge is 0.280 e. The number of nitrogens with one attached hydrogen (secondary N) is 1. The van der Waals surface area contributed by atoms with Gasteiger partial charge in [0.15, 0.2) is 15.5 Å². The van der Waals surface area contributed by atoms with E-state index in [0.717, 1.165) is 37.3 Å². The van der Waals surface area contributed by atoms with Crippen LogP contribution in [0.2, 0.25) is 0 Å². The molecule has 3 aromatic rings. The number of rotatable bonds is 7. The van der Waals surface area contributed by atoms with Crippen molar-refractivity contribution in [3.8, 4) is 0 Å². The second kappa shape index (κ2) is 9.15. The van der Waals surface area contributed by atoms with E-state index in [4.69, 9.17) is 4.98 Å². The number of hydrogen-bond acceptors (Lipinski definition) is 7. The molecule has 0 unspecified atom stereocenters. The first-order chi connectivity index (χ1) is 14.9. The Morgan fingerprint density at radius 3 is 2.77 bits per heavy atom. The predicted octanol–water partition coefficient (Wildman–Crippen LogP) is 1.78. The van der Waals surface area contributed by atoms with Gasteiger partial charge in [-0.05, 0) is 32.5 Å². The molecule has 0 aliphatic carbocycles. The number of benzene rings is 1. The van der Waals surface area contributed by atoms with E-state index >= 15 is 0 Å². The Hall–Kier alpha value is -2.78. The quantitative estimate of drug-likeness (QED) is 0.603. The molecule has 0 saturated carbocycles. The molecule has 1 fully saturated rings. The van der Waals surface area contributed by atoms with E-state index in [1.54, 1.807) is 11.6 Å². The van der Waals surface area contributed by atoms with Crippen molar-refractivity contribution in [1.29, 1.82) is 0 Å². The summed E-state index contributed by atoms with van der Waals surface area (Å²) in [4.78, 5) is 39.8. The van der Waals surface area contributed by atoms with Crippen molar-refractivity contribution in [2.75, 3.05) is 32.1 Å². The molecular weight excluding hydrogens is 412 g/mol. The molecule has 1 saturated heterocycles. The largest absolute Gasteiger partial charge is 0.350 e. The van der Waals surface area contributed by atoms with Crippen LogP contribution in [0.4, 0.5) is 5.13 Å². The molecule has 1 N–H and O–H groups in total. The van der Waals surface area contributed by atoms with E-state index in [2.05, 4.69) is 15.2 Å². The molecule has 31 heavy (non-hydrogen) atoms. The summed E-state index contributed by atoms with van der Waals surface area (Å²) in [7, 11) is 5.74. The summed E-state index contributed by atoms with van der Waals surface area (Å²) in [6.45, 7) is 2.06. The van der Waals surface area contributed by atoms with Gasteiger partial charge in [0.05, 0.1) is 0 Å². The number of thiazole rings is 1. The Morgan fingerprint density at radius 1 is 1.26 bits per heavy atom. The van der Waals surface area contributed by atoms with E-state index < -0.39 is 0 Å². The van der Waals surface area contributed by atoms with Gasteiger partial charge in [0.25, 0.3) is 5.56 Å². The van der Waals surface area contributed by atoms with Crippen molar-refractivity contribution in [2.24, 2.45) is 7.05 Å². The van der Waals surface area contributed by atoms with Crippen LogP contribution in [0.1, 0.15) is 24.2 Å². The Balaban J connectivity index is 1.54. The molecule has 2 aromatic heterocycles. The number of likely N-dealkylation sites (N-methyl/N-ethyl adjacent to an activating group) is 1. The highest BCUT2D eigenvalue weighted by molar-refractivity contribution is 7.21. The van der Waals surface area contributed by atoms with Crippen LogP contribution >= 0.6 is 11.3 Å². The topological polar surface area (TPSA) is 83.4 Å². The average molecular weight is 441 g/mol. The van der Waals surface area contributed by atoms with E-state index in [9.17, 15) is 9.59 Å². The Morgan fingerprint density at radius 2 is 2.03 bits per heavy atom. The molecule has 9 heteroatoms. The van der Waals surface area contributed by atoms with Crippen LogP contribution < -0.4 is 15.8 Å². The highest BCUT2D eigenvalue weighted by Crippen LogP contribution is 2.31. The maximum absolute atomic E-state index is 12.9. The van der Waals surface area contributed by atoms with E-state index in [-0.39, 0.29) is 17.5 Å². The van der Waals surface area contributed by atoms with Crippen molar-refractivity contribution in [2.45, 2.75) is 31.8 Å². The van der Waals surface area contributed by atoms with Gasteiger partial charge >= 0.3 is 0 Å². The zero-order chi connectivity index (χ0) is 22.0. The summed E-state index contributed by atoms with van der Waals surface area (Å²) in [5, 5.41) is 3.74. The van der Waals surface area contributed by atoms with Gasteiger partial charge in [0, 0.05) is 33.1 Å². The zero-order valence-corrected chi connectivity index (χ0v) is 19.0. The molecule has 1 atom stereocenters. The summed E-state index contributed by atoms with van der Waals surface area (Å²) in [5.74, 6) is 0.744. The number of hydrogen-bond donors (Lipinski definition) is 1. The normalized spacial score (nSPS) is 16.4. The third kappa shape index (κ3) is 4.62. The number of fused-ring (bicyclic) bond motifs is 1. The van der Waals surface area contributed by atoms with E-state index in [1.807, 2.05) is 49.3 Å². The molecule has 8 nitrogen and oxygen atoms in total. The highest BCUT2D eigenvalue weighted by atomic mass is 32.1. The van der Waals surface area contributed by atoms with Crippen LogP contribution in [0.25, 0.3) is 10.3 Å². The van der Waals surface area contributed by atoms with Gasteiger partial charge in [0.2, 0.25) is 5.91 Å². The molecule has 164 valence electrons. The first-order valence-electron chi connectivity index (χ1n) is 10.5. The lowest BCUT2D eigenvalue weighted by atomic mass is 10.2. The lowest BCUT2D eigenvalue weighted by molar-refractivity contribution is -0.122. The molecule has 1 amide bonds. The maximum atomic E-state index is 12.9. The van der Waals surface area contributed by atoms with Gasteiger partial charge in [-0.3, -0.25) is 14.2 Å². The fraction of sp³-hybridized carbons (Fsp3) is 0.455. The number of carbonyl (C=O) groups is 1. The summed E-state index contributed by atoms with van der Waals surface area (Å²) < 4.78 is 1.59. The van der Waals surface area contributed by atoms with Crippen LogP contribution in [0, 0.1) is 0 Å². The molecule has 0 radical (unpaired) electrons. The number of aromatic nitrogens is 3. The third-order valence-corrected chi connectivity index (χ3v) is 6.60. The van der Waals surface area contributed by atoms with Gasteiger partial charge in [-0.1, -0.05) is 41.7 Å². The van der Waals surface area contributed by atoms with Gasteiger partial charge < -0.3 is 15.1 Å². The van der Waals surface area contributed by atoms with Crippen LogP contribution in [0.5, 0.6) is 0 Å². The van der Waals surface area contributed by atoms with Gasteiger partial charge in [-0.25, -0.2) is 9.97 Å². The van der Waals surface area contributed by atoms with Crippen LogP contribution in [0.15, 0.2) is 35.1 Å². The molecule has 0 bridgehead atoms. The van der Waals surface area contributed by atoms with Crippen LogP contribution in [0.3, 0.4) is 0 Å². The molecule has 3 heterocycles. The fourth-order valence-electron chi connectivity index (χ4n) is 3.83. The first-order valence-corrected chi connectivity index (χ1v) is 11.3. The Kier molecular flexibility index (Phi) is 6.33. The predicted molar refractivity (Wildman–Crippen MR) is 124 cm³/mol. The highest BCUT2D eigenvalue weighted by Gasteiger charge is 2.33. The zero-order valence-electron chi connectivity index (χ0n) is 18.2. The summed E-state index contributed by atoms with van der Waals surface area (Å²) in [5.41, 5.74) is 1.32. The average Bonchev–Trinajstić information content (AvgIpc) is 3.41. The third-order valence-electron chi connectivity index (χ3n) is 5.62. The molecule has 1 aliphatic rings. The summed E-state index contributed by atoms with van der Waals surface area (Å²) in [6.07, 6.45) is 2.38. The second-order valence-electron chi connectivity index (χ2n) is 8.15. The van der Waals surface area contributed by atoms with E-state index in [1.165, 1.54) is 11.3 Å². The summed E-state index contributed by atoms with van der Waals surface area (Å²) in [6, 6.07) is 9.60. The second-order valence-corrected chi connectivity index (χ2v) is 9.11. The van der Waals surface area contributed by atoms with Crippen LogP contribution in [-0.2, 0) is 24.8 Å². The molecule has 1 aliphatic heterocycles. The molecule has 0 spiro atoms. The monoisotopic (exact) mass is 440 g/mol. The summed E-state index contributed by atoms with van der Waals surface area (Å²) >= 11 is 1.40. The number of carbonyl (C=O) groups excluding carboxylic acids is 1. The minimum Gasteiger partial charge on any atom is -0.350 e.